The number of halogens is 1. The van der Waals surface area contributed by atoms with Gasteiger partial charge in [-0.3, -0.25) is 4.68 Å². The Morgan fingerprint density at radius 1 is 1.46 bits per heavy atom. The quantitative estimate of drug-likeness (QED) is 0.565. The highest BCUT2D eigenvalue weighted by molar-refractivity contribution is 6.22. The third kappa shape index (κ3) is 3.29. The molecule has 2 aromatic heterocycles. The van der Waals surface area contributed by atoms with Crippen LogP contribution in [0.25, 0.3) is 5.70 Å². The molecule has 1 aliphatic heterocycles. The van der Waals surface area contributed by atoms with Gasteiger partial charge in [-0.2, -0.15) is 5.10 Å². The van der Waals surface area contributed by atoms with Gasteiger partial charge >= 0.3 is 0 Å². The van der Waals surface area contributed by atoms with E-state index in [-0.39, 0.29) is 11.5 Å². The first kappa shape index (κ1) is 16.5. The predicted octanol–water partition coefficient (Wildman–Crippen LogP) is 1.38. The molecular formula is C15H21ClN8. The summed E-state index contributed by atoms with van der Waals surface area (Å²) in [4.78, 5) is 11.0. The zero-order valence-corrected chi connectivity index (χ0v) is 14.2. The normalized spacial score (nSPS) is 20.9. The molecule has 0 bridgehead atoms. The summed E-state index contributed by atoms with van der Waals surface area (Å²) in [6.07, 6.45) is 7.03. The Hall–Kier alpha value is -2.32. The summed E-state index contributed by atoms with van der Waals surface area (Å²) in [5.74, 6) is 1.16. The van der Waals surface area contributed by atoms with Crippen molar-refractivity contribution in [2.45, 2.75) is 24.4 Å². The summed E-state index contributed by atoms with van der Waals surface area (Å²) in [5.41, 5.74) is 13.2. The van der Waals surface area contributed by atoms with Gasteiger partial charge in [0, 0.05) is 25.8 Å². The number of nitrogens with two attached hydrogens (primary N) is 2. The average molecular weight is 349 g/mol. The Morgan fingerprint density at radius 3 is 2.92 bits per heavy atom. The van der Waals surface area contributed by atoms with E-state index in [2.05, 4.69) is 27.0 Å². The minimum Gasteiger partial charge on any atom is -0.397 e. The highest BCUT2D eigenvalue weighted by Crippen LogP contribution is 2.28. The Morgan fingerprint density at radius 2 is 2.25 bits per heavy atom. The zero-order valence-electron chi connectivity index (χ0n) is 13.5. The minimum absolute atomic E-state index is 0.0962. The SMILES string of the molecule is C=C(N)c1ncc(N2CCCC(N)C2Cl)nc1Nc1cnn(C)c1. The fourth-order valence-corrected chi connectivity index (χ4v) is 3.02. The fraction of sp³-hybridized carbons (Fsp3) is 0.400. The molecule has 0 aliphatic carbocycles. The summed E-state index contributed by atoms with van der Waals surface area (Å²) in [7, 11) is 1.84. The lowest BCUT2D eigenvalue weighted by Gasteiger charge is -2.36. The highest BCUT2D eigenvalue weighted by Gasteiger charge is 2.28. The molecule has 24 heavy (non-hydrogen) atoms. The largest absolute Gasteiger partial charge is 0.397 e. The molecule has 9 heteroatoms. The van der Waals surface area contributed by atoms with Crippen molar-refractivity contribution in [3.05, 3.63) is 30.9 Å². The van der Waals surface area contributed by atoms with Crippen LogP contribution in [0.15, 0.2) is 25.2 Å². The monoisotopic (exact) mass is 348 g/mol. The standard InChI is InChI=1S/C15H21ClN8/c1-9(17)13-15(21-10-6-20-23(2)8-10)22-12(7-19-13)24-5-3-4-11(18)14(24)16/h6-8,11,14H,1,3-5,17-18H2,2H3,(H,21,22). The van der Waals surface area contributed by atoms with Crippen molar-refractivity contribution in [1.82, 2.24) is 19.7 Å². The number of nitrogens with one attached hydrogen (secondary N) is 1. The van der Waals surface area contributed by atoms with Crippen LogP contribution in [0.3, 0.4) is 0 Å². The summed E-state index contributed by atoms with van der Waals surface area (Å²) in [5, 5.41) is 7.31. The summed E-state index contributed by atoms with van der Waals surface area (Å²) >= 11 is 6.44. The van der Waals surface area contributed by atoms with Gasteiger partial charge in [-0.15, -0.1) is 0 Å². The highest BCUT2D eigenvalue weighted by atomic mass is 35.5. The number of rotatable bonds is 4. The van der Waals surface area contributed by atoms with Crippen LogP contribution in [-0.2, 0) is 7.05 Å². The Bertz CT molecular complexity index is 743. The number of aryl methyl sites for hydroxylation is 1. The molecule has 2 atom stereocenters. The smallest absolute Gasteiger partial charge is 0.161 e. The van der Waals surface area contributed by atoms with Crippen LogP contribution in [0.1, 0.15) is 18.5 Å². The van der Waals surface area contributed by atoms with E-state index in [0.717, 1.165) is 25.1 Å². The molecule has 0 radical (unpaired) electrons. The zero-order chi connectivity index (χ0) is 17.3. The van der Waals surface area contributed by atoms with E-state index >= 15 is 0 Å². The van der Waals surface area contributed by atoms with Gasteiger partial charge in [0.25, 0.3) is 0 Å². The molecule has 1 fully saturated rings. The Balaban J connectivity index is 1.94. The topological polar surface area (TPSA) is 111 Å². The maximum atomic E-state index is 6.44. The summed E-state index contributed by atoms with van der Waals surface area (Å²) in [6.45, 7) is 4.54. The van der Waals surface area contributed by atoms with Gasteiger partial charge < -0.3 is 21.7 Å². The third-order valence-corrected chi connectivity index (χ3v) is 4.47. The van der Waals surface area contributed by atoms with Gasteiger partial charge in [0.15, 0.2) is 11.6 Å². The molecule has 2 unspecified atom stereocenters. The number of alkyl halides is 1. The number of hydrogen-bond donors (Lipinski definition) is 3. The first-order valence-corrected chi connectivity index (χ1v) is 8.13. The van der Waals surface area contributed by atoms with Crippen LogP contribution < -0.4 is 21.7 Å². The van der Waals surface area contributed by atoms with Crippen molar-refractivity contribution >= 4 is 34.6 Å². The van der Waals surface area contributed by atoms with Crippen LogP contribution in [0, 0.1) is 0 Å². The van der Waals surface area contributed by atoms with Crippen LogP contribution in [0.2, 0.25) is 0 Å². The molecule has 0 saturated carbocycles. The molecule has 0 amide bonds. The molecule has 1 aliphatic rings. The number of hydrogen-bond acceptors (Lipinski definition) is 7. The first-order chi connectivity index (χ1) is 11.5. The second-order valence-electron chi connectivity index (χ2n) is 5.85. The maximum absolute atomic E-state index is 6.44. The van der Waals surface area contributed by atoms with Crippen molar-refractivity contribution in [1.29, 1.82) is 0 Å². The third-order valence-electron chi connectivity index (χ3n) is 3.91. The number of nitrogens with zero attached hydrogens (tertiary/aromatic N) is 5. The fourth-order valence-electron chi connectivity index (χ4n) is 2.69. The van der Waals surface area contributed by atoms with Crippen LogP contribution in [0.4, 0.5) is 17.3 Å². The van der Waals surface area contributed by atoms with Crippen LogP contribution in [-0.4, -0.2) is 37.8 Å². The van der Waals surface area contributed by atoms with Crippen molar-refractivity contribution in [3.8, 4) is 0 Å². The minimum atomic E-state index is -0.314. The maximum Gasteiger partial charge on any atom is 0.161 e. The van der Waals surface area contributed by atoms with Crippen molar-refractivity contribution < 1.29 is 0 Å². The molecule has 0 spiro atoms. The van der Waals surface area contributed by atoms with Gasteiger partial charge in [-0.1, -0.05) is 18.2 Å². The molecule has 1 saturated heterocycles. The van der Waals surface area contributed by atoms with E-state index in [1.807, 2.05) is 18.1 Å². The van der Waals surface area contributed by atoms with E-state index in [0.29, 0.717) is 23.0 Å². The van der Waals surface area contributed by atoms with Crippen LogP contribution in [0.5, 0.6) is 0 Å². The van der Waals surface area contributed by atoms with Gasteiger partial charge in [-0.25, -0.2) is 9.97 Å². The van der Waals surface area contributed by atoms with Gasteiger partial charge in [0.05, 0.1) is 23.8 Å². The number of anilines is 3. The van der Waals surface area contributed by atoms with E-state index in [1.54, 1.807) is 17.1 Å². The van der Waals surface area contributed by atoms with Crippen molar-refractivity contribution in [2.24, 2.45) is 18.5 Å². The number of aromatic nitrogens is 4. The second kappa shape index (κ2) is 6.66. The van der Waals surface area contributed by atoms with E-state index < -0.39 is 0 Å². The summed E-state index contributed by atoms with van der Waals surface area (Å²) in [6, 6.07) is -0.0962. The van der Waals surface area contributed by atoms with Crippen molar-refractivity contribution in [3.63, 3.8) is 0 Å². The van der Waals surface area contributed by atoms with Crippen molar-refractivity contribution in [2.75, 3.05) is 16.8 Å². The molecule has 2 aromatic rings. The Kier molecular flexibility index (Phi) is 4.59. The van der Waals surface area contributed by atoms with Gasteiger partial charge in [0.2, 0.25) is 0 Å². The number of piperidine rings is 1. The summed E-state index contributed by atoms with van der Waals surface area (Å²) < 4.78 is 1.69. The molecule has 128 valence electrons. The average Bonchev–Trinajstić information content (AvgIpc) is 2.95. The van der Waals surface area contributed by atoms with E-state index in [1.165, 1.54) is 0 Å². The lowest BCUT2D eigenvalue weighted by molar-refractivity contribution is 0.472. The molecule has 8 nitrogen and oxygen atoms in total. The Labute approximate surface area is 145 Å². The van der Waals surface area contributed by atoms with Gasteiger partial charge in [0.1, 0.15) is 11.2 Å². The van der Waals surface area contributed by atoms with Gasteiger partial charge in [-0.05, 0) is 12.8 Å². The lowest BCUT2D eigenvalue weighted by Crippen LogP contribution is -2.49. The molecule has 5 N–H and O–H groups in total. The lowest BCUT2D eigenvalue weighted by atomic mass is 10.1. The molecule has 0 aromatic carbocycles. The molecule has 3 rings (SSSR count). The van der Waals surface area contributed by atoms with Crippen LogP contribution >= 0.6 is 11.6 Å². The molecule has 3 heterocycles. The van der Waals surface area contributed by atoms with E-state index in [9.17, 15) is 0 Å². The second-order valence-corrected chi connectivity index (χ2v) is 6.30. The first-order valence-electron chi connectivity index (χ1n) is 7.69. The predicted molar refractivity (Wildman–Crippen MR) is 95.9 cm³/mol. The van der Waals surface area contributed by atoms with E-state index in [4.69, 9.17) is 23.1 Å². The molecular weight excluding hydrogens is 328 g/mol.